The van der Waals surface area contributed by atoms with Gasteiger partial charge in [0.2, 0.25) is 11.7 Å². The van der Waals surface area contributed by atoms with E-state index in [4.69, 9.17) is 9.26 Å². The summed E-state index contributed by atoms with van der Waals surface area (Å²) in [7, 11) is 0. The van der Waals surface area contributed by atoms with Gasteiger partial charge in [-0.15, -0.1) is 11.3 Å². The fourth-order valence-electron chi connectivity index (χ4n) is 2.52. The predicted octanol–water partition coefficient (Wildman–Crippen LogP) is 3.65. The number of amides is 1. The molecule has 130 valence electrons. The van der Waals surface area contributed by atoms with Crippen molar-refractivity contribution in [1.82, 2.24) is 15.5 Å². The summed E-state index contributed by atoms with van der Waals surface area (Å²) in [6, 6.07) is 17.5. The quantitative estimate of drug-likeness (QED) is 0.564. The van der Waals surface area contributed by atoms with Crippen molar-refractivity contribution in [3.63, 3.8) is 0 Å². The van der Waals surface area contributed by atoms with Crippen molar-refractivity contribution in [2.24, 2.45) is 0 Å². The van der Waals surface area contributed by atoms with Crippen LogP contribution in [-0.4, -0.2) is 22.7 Å². The number of carbonyl (C=O) groups is 1. The first kappa shape index (κ1) is 16.3. The summed E-state index contributed by atoms with van der Waals surface area (Å²) in [6.45, 7) is 0.0794. The van der Waals surface area contributed by atoms with E-state index in [-0.39, 0.29) is 19.1 Å². The van der Waals surface area contributed by atoms with E-state index < -0.39 is 0 Å². The Hall–Kier alpha value is -3.19. The first-order valence-corrected chi connectivity index (χ1v) is 8.91. The Labute approximate surface area is 153 Å². The van der Waals surface area contributed by atoms with Gasteiger partial charge in [-0.2, -0.15) is 4.98 Å². The Balaban J connectivity index is 1.33. The SMILES string of the molecule is O=C(COc1cccc2ccccc12)NCc1nc(-c2cccs2)no1. The van der Waals surface area contributed by atoms with Gasteiger partial charge in [-0.25, -0.2) is 0 Å². The van der Waals surface area contributed by atoms with Gasteiger partial charge in [-0.05, 0) is 22.9 Å². The molecule has 0 fully saturated rings. The number of thiophene rings is 1. The van der Waals surface area contributed by atoms with Crippen LogP contribution >= 0.6 is 11.3 Å². The van der Waals surface area contributed by atoms with Crippen LogP contribution in [0.1, 0.15) is 5.89 Å². The second-order valence-electron chi connectivity index (χ2n) is 5.53. The van der Waals surface area contributed by atoms with Gasteiger partial charge in [0, 0.05) is 5.39 Å². The molecule has 0 unspecified atom stereocenters. The van der Waals surface area contributed by atoms with Gasteiger partial charge in [-0.3, -0.25) is 4.79 Å². The number of benzene rings is 2. The van der Waals surface area contributed by atoms with E-state index >= 15 is 0 Å². The van der Waals surface area contributed by atoms with Crippen molar-refractivity contribution < 1.29 is 14.1 Å². The predicted molar refractivity (Wildman–Crippen MR) is 98.9 cm³/mol. The second kappa shape index (κ2) is 7.37. The fourth-order valence-corrected chi connectivity index (χ4v) is 3.17. The van der Waals surface area contributed by atoms with Crippen molar-refractivity contribution >= 4 is 28.0 Å². The molecule has 4 aromatic rings. The average molecular weight is 365 g/mol. The van der Waals surface area contributed by atoms with Crippen molar-refractivity contribution in [2.45, 2.75) is 6.54 Å². The molecule has 4 rings (SSSR count). The second-order valence-corrected chi connectivity index (χ2v) is 6.48. The van der Waals surface area contributed by atoms with Gasteiger partial charge >= 0.3 is 0 Å². The first-order chi connectivity index (χ1) is 12.8. The molecule has 0 aliphatic rings. The van der Waals surface area contributed by atoms with E-state index in [0.717, 1.165) is 15.6 Å². The van der Waals surface area contributed by atoms with Crippen molar-refractivity contribution in [2.75, 3.05) is 6.61 Å². The van der Waals surface area contributed by atoms with Crippen molar-refractivity contribution in [3.8, 4) is 16.5 Å². The molecule has 2 aromatic carbocycles. The lowest BCUT2D eigenvalue weighted by Gasteiger charge is -2.09. The molecule has 1 amide bonds. The highest BCUT2D eigenvalue weighted by Crippen LogP contribution is 2.25. The van der Waals surface area contributed by atoms with E-state index in [9.17, 15) is 4.79 Å². The molecule has 0 radical (unpaired) electrons. The minimum Gasteiger partial charge on any atom is -0.483 e. The molecule has 0 atom stereocenters. The maximum Gasteiger partial charge on any atom is 0.258 e. The third-order valence-corrected chi connectivity index (χ3v) is 4.62. The summed E-state index contributed by atoms with van der Waals surface area (Å²) in [5.74, 6) is 1.30. The van der Waals surface area contributed by atoms with Crippen LogP contribution in [0.3, 0.4) is 0 Å². The molecule has 0 bridgehead atoms. The number of carbonyl (C=O) groups excluding carboxylic acids is 1. The zero-order valence-electron chi connectivity index (χ0n) is 13.7. The molecule has 2 aromatic heterocycles. The lowest BCUT2D eigenvalue weighted by atomic mass is 10.1. The molecule has 26 heavy (non-hydrogen) atoms. The number of hydrogen-bond acceptors (Lipinski definition) is 6. The molecule has 0 aliphatic carbocycles. The van der Waals surface area contributed by atoms with E-state index in [2.05, 4.69) is 15.5 Å². The normalized spacial score (nSPS) is 10.8. The lowest BCUT2D eigenvalue weighted by molar-refractivity contribution is -0.123. The zero-order valence-corrected chi connectivity index (χ0v) is 14.5. The largest absolute Gasteiger partial charge is 0.483 e. The van der Waals surface area contributed by atoms with Gasteiger partial charge in [0.1, 0.15) is 5.75 Å². The molecule has 0 aliphatic heterocycles. The summed E-state index contributed by atoms with van der Waals surface area (Å²) in [5.41, 5.74) is 0. The topological polar surface area (TPSA) is 77.2 Å². The van der Waals surface area contributed by atoms with Crippen LogP contribution in [0.25, 0.3) is 21.5 Å². The van der Waals surface area contributed by atoms with Crippen molar-refractivity contribution in [3.05, 3.63) is 65.9 Å². The lowest BCUT2D eigenvalue weighted by Crippen LogP contribution is -2.28. The van der Waals surface area contributed by atoms with Crippen LogP contribution in [0.4, 0.5) is 0 Å². The maximum absolute atomic E-state index is 12.0. The fraction of sp³-hybridized carbons (Fsp3) is 0.105. The third-order valence-electron chi connectivity index (χ3n) is 3.75. The third kappa shape index (κ3) is 3.57. The molecular formula is C19H15N3O3S. The minimum atomic E-state index is -0.256. The summed E-state index contributed by atoms with van der Waals surface area (Å²) < 4.78 is 10.8. The number of ether oxygens (including phenoxy) is 1. The van der Waals surface area contributed by atoms with Gasteiger partial charge in [0.05, 0.1) is 11.4 Å². The van der Waals surface area contributed by atoms with Crippen LogP contribution in [0.15, 0.2) is 64.5 Å². The highest BCUT2D eigenvalue weighted by Gasteiger charge is 2.11. The maximum atomic E-state index is 12.0. The Morgan fingerprint density at radius 3 is 2.88 bits per heavy atom. The number of aromatic nitrogens is 2. The average Bonchev–Trinajstić information content (AvgIpc) is 3.36. The molecule has 2 heterocycles. The number of nitrogens with zero attached hydrogens (tertiary/aromatic N) is 2. The molecule has 0 saturated heterocycles. The Morgan fingerprint density at radius 2 is 2.00 bits per heavy atom. The monoisotopic (exact) mass is 365 g/mol. The Bertz CT molecular complexity index is 1020. The number of nitrogens with one attached hydrogen (secondary N) is 1. The van der Waals surface area contributed by atoms with E-state index in [0.29, 0.717) is 17.5 Å². The number of rotatable bonds is 6. The zero-order chi connectivity index (χ0) is 17.8. The van der Waals surface area contributed by atoms with Crippen LogP contribution in [-0.2, 0) is 11.3 Å². The number of hydrogen-bond donors (Lipinski definition) is 1. The minimum absolute atomic E-state index is 0.0834. The Morgan fingerprint density at radius 1 is 1.12 bits per heavy atom. The van der Waals surface area contributed by atoms with E-state index in [1.165, 1.54) is 11.3 Å². The highest BCUT2D eigenvalue weighted by atomic mass is 32.1. The van der Waals surface area contributed by atoms with Gasteiger partial charge in [-0.1, -0.05) is 47.6 Å². The Kier molecular flexibility index (Phi) is 4.61. The highest BCUT2D eigenvalue weighted by molar-refractivity contribution is 7.13. The summed E-state index contributed by atoms with van der Waals surface area (Å²) in [6.07, 6.45) is 0. The van der Waals surface area contributed by atoms with Crippen LogP contribution in [0.2, 0.25) is 0 Å². The van der Waals surface area contributed by atoms with Crippen LogP contribution in [0.5, 0.6) is 5.75 Å². The molecule has 1 N–H and O–H groups in total. The summed E-state index contributed by atoms with van der Waals surface area (Å²) >= 11 is 1.53. The van der Waals surface area contributed by atoms with Gasteiger partial charge < -0.3 is 14.6 Å². The molecule has 0 saturated carbocycles. The van der Waals surface area contributed by atoms with Crippen LogP contribution < -0.4 is 10.1 Å². The van der Waals surface area contributed by atoms with Gasteiger partial charge in [0.25, 0.3) is 5.91 Å². The summed E-state index contributed by atoms with van der Waals surface area (Å²) in [5, 5.41) is 10.6. The van der Waals surface area contributed by atoms with Gasteiger partial charge in [0.15, 0.2) is 6.61 Å². The van der Waals surface area contributed by atoms with Crippen LogP contribution in [0, 0.1) is 0 Å². The molecular weight excluding hydrogens is 350 g/mol. The van der Waals surface area contributed by atoms with E-state index in [1.807, 2.05) is 60.0 Å². The molecule has 6 nitrogen and oxygen atoms in total. The molecule has 0 spiro atoms. The first-order valence-electron chi connectivity index (χ1n) is 8.03. The van der Waals surface area contributed by atoms with Crippen molar-refractivity contribution in [1.29, 1.82) is 0 Å². The molecule has 7 heteroatoms. The summed E-state index contributed by atoms with van der Waals surface area (Å²) in [4.78, 5) is 17.2. The van der Waals surface area contributed by atoms with E-state index in [1.54, 1.807) is 0 Å². The standard InChI is InChI=1S/C19H15N3O3S/c23-17(12-24-15-8-3-6-13-5-1-2-7-14(13)15)20-11-18-21-19(22-25-18)16-9-4-10-26-16/h1-10H,11-12H2,(H,20,23). The number of fused-ring (bicyclic) bond motifs is 1. The smallest absolute Gasteiger partial charge is 0.258 e.